The molecule has 2 rings (SSSR count). The minimum atomic E-state index is -0.637. The molecule has 0 aliphatic carbocycles. The Labute approximate surface area is 150 Å². The predicted molar refractivity (Wildman–Crippen MR) is 95.0 cm³/mol. The smallest absolute Gasteiger partial charge is 0.286 e. The van der Waals surface area contributed by atoms with E-state index in [1.54, 1.807) is 25.1 Å². The lowest BCUT2D eigenvalue weighted by molar-refractivity contribution is -0.385. The number of carbonyl (C=O) groups excluding carboxylic acids is 1. The number of aromatic hydroxyl groups is 1. The Morgan fingerprint density at radius 2 is 2.04 bits per heavy atom. The molecule has 0 aliphatic rings. The number of ether oxygens (including phenoxy) is 2. The molecule has 0 fully saturated rings. The molecule has 0 unspecified atom stereocenters. The van der Waals surface area contributed by atoms with Gasteiger partial charge in [0, 0.05) is 12.6 Å². The van der Waals surface area contributed by atoms with Crippen molar-refractivity contribution < 1.29 is 24.3 Å². The third kappa shape index (κ3) is 4.62. The van der Waals surface area contributed by atoms with Crippen LogP contribution >= 0.6 is 0 Å². The van der Waals surface area contributed by atoms with Gasteiger partial charge in [-0.2, -0.15) is 0 Å². The van der Waals surface area contributed by atoms with Crippen molar-refractivity contribution in [2.24, 2.45) is 0 Å². The molecule has 26 heavy (non-hydrogen) atoms. The number of phenolic OH excluding ortho intramolecular Hbond substituents is 1. The van der Waals surface area contributed by atoms with Crippen LogP contribution in [0.3, 0.4) is 0 Å². The Balaban J connectivity index is 2.18. The van der Waals surface area contributed by atoms with Gasteiger partial charge in [-0.3, -0.25) is 14.9 Å². The first-order chi connectivity index (χ1) is 12.5. The van der Waals surface area contributed by atoms with Crippen molar-refractivity contribution in [2.45, 2.75) is 13.3 Å². The van der Waals surface area contributed by atoms with Crippen molar-refractivity contribution in [3.05, 3.63) is 57.6 Å². The largest absolute Gasteiger partial charge is 0.508 e. The highest BCUT2D eigenvalue weighted by Gasteiger charge is 2.24. The highest BCUT2D eigenvalue weighted by atomic mass is 16.6. The van der Waals surface area contributed by atoms with Crippen LogP contribution in [0.25, 0.3) is 0 Å². The molecular formula is C18H20N2O6. The Morgan fingerprint density at radius 1 is 1.27 bits per heavy atom. The third-order valence-electron chi connectivity index (χ3n) is 3.63. The Kier molecular flexibility index (Phi) is 6.37. The fourth-order valence-corrected chi connectivity index (χ4v) is 2.44. The van der Waals surface area contributed by atoms with Crippen LogP contribution in [0.15, 0.2) is 36.4 Å². The molecule has 0 atom stereocenters. The molecule has 0 aromatic heterocycles. The Morgan fingerprint density at radius 3 is 2.65 bits per heavy atom. The zero-order valence-corrected chi connectivity index (χ0v) is 14.5. The normalized spacial score (nSPS) is 10.2. The summed E-state index contributed by atoms with van der Waals surface area (Å²) < 4.78 is 10.5. The maximum Gasteiger partial charge on any atom is 0.286 e. The summed E-state index contributed by atoms with van der Waals surface area (Å²) >= 11 is 0. The number of hydrogen-bond donors (Lipinski definition) is 2. The second-order valence-corrected chi connectivity index (χ2v) is 5.39. The van der Waals surface area contributed by atoms with Crippen LogP contribution in [0.5, 0.6) is 17.2 Å². The van der Waals surface area contributed by atoms with E-state index < -0.39 is 10.8 Å². The van der Waals surface area contributed by atoms with E-state index >= 15 is 0 Å². The number of phenols is 1. The average Bonchev–Trinajstić information content (AvgIpc) is 2.61. The summed E-state index contributed by atoms with van der Waals surface area (Å²) in [5, 5.41) is 23.4. The van der Waals surface area contributed by atoms with Gasteiger partial charge in [-0.15, -0.1) is 0 Å². The van der Waals surface area contributed by atoms with E-state index in [1.165, 1.54) is 19.2 Å². The quantitative estimate of drug-likeness (QED) is 0.553. The topological polar surface area (TPSA) is 111 Å². The maximum atomic E-state index is 12.4. The molecule has 0 radical (unpaired) electrons. The molecule has 0 saturated heterocycles. The summed E-state index contributed by atoms with van der Waals surface area (Å²) in [6, 6.07) is 9.15. The maximum absolute atomic E-state index is 12.4. The van der Waals surface area contributed by atoms with Crippen molar-refractivity contribution >= 4 is 11.6 Å². The van der Waals surface area contributed by atoms with Gasteiger partial charge < -0.3 is 19.9 Å². The van der Waals surface area contributed by atoms with Crippen LogP contribution in [0.4, 0.5) is 5.69 Å². The van der Waals surface area contributed by atoms with Gasteiger partial charge in [-0.1, -0.05) is 12.1 Å². The highest BCUT2D eigenvalue weighted by Crippen LogP contribution is 2.34. The first-order valence-electron chi connectivity index (χ1n) is 8.01. The third-order valence-corrected chi connectivity index (χ3v) is 3.63. The summed E-state index contributed by atoms with van der Waals surface area (Å²) in [5.74, 6) is 0.00928. The number of hydrogen-bond acceptors (Lipinski definition) is 6. The van der Waals surface area contributed by atoms with Gasteiger partial charge in [0.25, 0.3) is 11.6 Å². The molecule has 0 aliphatic heterocycles. The number of rotatable bonds is 8. The van der Waals surface area contributed by atoms with Gasteiger partial charge in [-0.05, 0) is 31.0 Å². The lowest BCUT2D eigenvalue weighted by atomic mass is 10.1. The predicted octanol–water partition coefficient (Wildman–Crippen LogP) is 2.68. The van der Waals surface area contributed by atoms with E-state index in [0.29, 0.717) is 13.0 Å². The van der Waals surface area contributed by atoms with Crippen LogP contribution in [0.2, 0.25) is 0 Å². The van der Waals surface area contributed by atoms with E-state index in [9.17, 15) is 20.0 Å². The molecular weight excluding hydrogens is 340 g/mol. The monoisotopic (exact) mass is 360 g/mol. The number of nitro groups is 1. The lowest BCUT2D eigenvalue weighted by Gasteiger charge is -2.12. The van der Waals surface area contributed by atoms with Crippen LogP contribution < -0.4 is 14.8 Å². The average molecular weight is 360 g/mol. The second-order valence-electron chi connectivity index (χ2n) is 5.39. The van der Waals surface area contributed by atoms with Gasteiger partial charge in [0.1, 0.15) is 11.3 Å². The molecule has 0 spiro atoms. The first kappa shape index (κ1) is 19.0. The van der Waals surface area contributed by atoms with Crippen molar-refractivity contribution in [3.63, 3.8) is 0 Å². The molecule has 8 nitrogen and oxygen atoms in total. The zero-order valence-electron chi connectivity index (χ0n) is 14.5. The number of methoxy groups -OCH3 is 1. The highest BCUT2D eigenvalue weighted by molar-refractivity contribution is 5.99. The van der Waals surface area contributed by atoms with Crippen LogP contribution in [-0.4, -0.2) is 36.2 Å². The van der Waals surface area contributed by atoms with Gasteiger partial charge >= 0.3 is 0 Å². The first-order valence-corrected chi connectivity index (χ1v) is 8.01. The van der Waals surface area contributed by atoms with Gasteiger partial charge in [0.2, 0.25) is 0 Å². The number of amides is 1. The van der Waals surface area contributed by atoms with Gasteiger partial charge in [0.15, 0.2) is 11.5 Å². The van der Waals surface area contributed by atoms with Crippen molar-refractivity contribution in [1.29, 1.82) is 0 Å². The molecule has 1 amide bonds. The van der Waals surface area contributed by atoms with E-state index in [4.69, 9.17) is 9.47 Å². The summed E-state index contributed by atoms with van der Waals surface area (Å²) in [6.07, 6.45) is 0.475. The standard InChI is InChI=1S/C18H20N2O6/c1-3-26-17-10-14(15(20(23)24)11-16(17)25-2)18(22)19-8-7-12-5-4-6-13(21)9-12/h4-6,9-11,21H,3,7-8H2,1-2H3,(H,19,22). The Bertz CT molecular complexity index is 806. The fourth-order valence-electron chi connectivity index (χ4n) is 2.44. The van der Waals surface area contributed by atoms with Crippen LogP contribution in [-0.2, 0) is 6.42 Å². The number of carbonyl (C=O) groups is 1. The minimum absolute atomic E-state index is 0.102. The van der Waals surface area contributed by atoms with E-state index in [-0.39, 0.29) is 35.0 Å². The fraction of sp³-hybridized carbons (Fsp3) is 0.278. The number of nitrogens with zero attached hydrogens (tertiary/aromatic N) is 1. The zero-order chi connectivity index (χ0) is 19.1. The van der Waals surface area contributed by atoms with Crippen molar-refractivity contribution in [3.8, 4) is 17.2 Å². The summed E-state index contributed by atoms with van der Waals surface area (Å²) in [6.45, 7) is 2.35. The molecule has 2 aromatic rings. The van der Waals surface area contributed by atoms with E-state index in [0.717, 1.165) is 5.56 Å². The van der Waals surface area contributed by atoms with Crippen LogP contribution in [0, 0.1) is 10.1 Å². The second kappa shape index (κ2) is 8.70. The molecule has 2 aromatic carbocycles. The molecule has 0 saturated carbocycles. The summed E-state index contributed by atoms with van der Waals surface area (Å²) in [4.78, 5) is 23.1. The molecule has 138 valence electrons. The van der Waals surface area contributed by atoms with Crippen molar-refractivity contribution in [1.82, 2.24) is 5.32 Å². The molecule has 0 bridgehead atoms. The summed E-state index contributed by atoms with van der Waals surface area (Å²) in [7, 11) is 1.37. The van der Waals surface area contributed by atoms with E-state index in [2.05, 4.69) is 5.32 Å². The number of benzene rings is 2. The molecule has 8 heteroatoms. The van der Waals surface area contributed by atoms with Gasteiger partial charge in [-0.25, -0.2) is 0 Å². The molecule has 0 heterocycles. The lowest BCUT2D eigenvalue weighted by Crippen LogP contribution is -2.26. The summed E-state index contributed by atoms with van der Waals surface area (Å²) in [5.41, 5.74) is 0.375. The van der Waals surface area contributed by atoms with Crippen molar-refractivity contribution in [2.75, 3.05) is 20.3 Å². The number of nitrogens with one attached hydrogen (secondary N) is 1. The van der Waals surface area contributed by atoms with Crippen LogP contribution in [0.1, 0.15) is 22.8 Å². The van der Waals surface area contributed by atoms with Gasteiger partial charge in [0.05, 0.1) is 24.7 Å². The minimum Gasteiger partial charge on any atom is -0.508 e. The number of nitro benzene ring substituents is 1. The molecule has 2 N–H and O–H groups in total. The van der Waals surface area contributed by atoms with E-state index in [1.807, 2.05) is 6.07 Å². The SMILES string of the molecule is CCOc1cc(C(=O)NCCc2cccc(O)c2)c([N+](=O)[O-])cc1OC. The Hall–Kier alpha value is -3.29.